The first-order valence-electron chi connectivity index (χ1n) is 19.6. The van der Waals surface area contributed by atoms with E-state index in [4.69, 9.17) is 56.8 Å². The Morgan fingerprint density at radius 1 is 0.404 bits per heavy atom. The molecule has 0 bridgehead atoms. The van der Waals surface area contributed by atoms with E-state index in [0.717, 1.165) is 12.1 Å². The van der Waals surface area contributed by atoms with E-state index in [1.165, 1.54) is 51.4 Å². The maximum atomic E-state index is 5.65. The van der Waals surface area contributed by atoms with E-state index in [2.05, 4.69) is 17.2 Å². The average Bonchev–Trinajstić information content (AvgIpc) is 3.61. The zero-order chi connectivity index (χ0) is 37.1. The topological polar surface area (TPSA) is 141 Å². The van der Waals surface area contributed by atoms with Gasteiger partial charge in [0.1, 0.15) is 0 Å². The van der Waals surface area contributed by atoms with Crippen molar-refractivity contribution in [2.75, 3.05) is 159 Å². The van der Waals surface area contributed by atoms with Crippen molar-refractivity contribution in [2.45, 2.75) is 71.3 Å². The summed E-state index contributed by atoms with van der Waals surface area (Å²) in [4.78, 5) is 0. The largest absolute Gasteiger partial charge is 0.382 e. The fraction of sp³-hybridized carbons (Fsp3) is 0.946. The third kappa shape index (κ3) is 37.0. The molecule has 15 nitrogen and oxygen atoms in total. The van der Waals surface area contributed by atoms with Gasteiger partial charge in [-0.1, -0.05) is 57.1 Å². The molecule has 1 aromatic rings. The van der Waals surface area contributed by atoms with Crippen LogP contribution in [0.5, 0.6) is 0 Å². The minimum Gasteiger partial charge on any atom is -0.382 e. The van der Waals surface area contributed by atoms with Gasteiger partial charge in [-0.05, 0) is 12.8 Å². The van der Waals surface area contributed by atoms with Crippen LogP contribution < -0.4 is 0 Å². The van der Waals surface area contributed by atoms with Gasteiger partial charge in [0.15, 0.2) is 0 Å². The van der Waals surface area contributed by atoms with Gasteiger partial charge >= 0.3 is 0 Å². The first kappa shape index (κ1) is 48.7. The molecule has 0 aliphatic rings. The van der Waals surface area contributed by atoms with E-state index < -0.39 is 0 Å². The smallest absolute Gasteiger partial charge is 0.0827 e. The normalized spacial score (nSPS) is 11.7. The van der Waals surface area contributed by atoms with E-state index >= 15 is 0 Å². The quantitative estimate of drug-likeness (QED) is 0.0893. The van der Waals surface area contributed by atoms with Crippen LogP contribution in [0.25, 0.3) is 0 Å². The SMILES string of the molecule is CCCCCCCCCCc1cn(CCOCCOCCOCCOCCOCCOCCOCCOCCOCCOCCOCCOC)nn1. The zero-order valence-corrected chi connectivity index (χ0v) is 32.7. The summed E-state index contributed by atoms with van der Waals surface area (Å²) in [6.07, 6.45) is 13.6. The number of aromatic nitrogens is 3. The predicted octanol–water partition coefficient (Wildman–Crippen LogP) is 3.79. The lowest BCUT2D eigenvalue weighted by atomic mass is 10.1. The summed E-state index contributed by atoms with van der Waals surface area (Å²) in [5.41, 5.74) is 1.07. The molecule has 0 aliphatic heterocycles. The molecule has 0 radical (unpaired) electrons. The van der Waals surface area contributed by atoms with Crippen molar-refractivity contribution in [1.29, 1.82) is 0 Å². The van der Waals surface area contributed by atoms with Gasteiger partial charge in [-0.15, -0.1) is 5.10 Å². The molecule has 0 aliphatic carbocycles. The van der Waals surface area contributed by atoms with Crippen LogP contribution >= 0.6 is 0 Å². The number of unbranched alkanes of at least 4 members (excludes halogenated alkanes) is 7. The molecule has 0 aromatic carbocycles. The highest BCUT2D eigenvalue weighted by atomic mass is 16.6. The van der Waals surface area contributed by atoms with Gasteiger partial charge in [0.2, 0.25) is 0 Å². The summed E-state index contributed by atoms with van der Waals surface area (Å²) < 4.78 is 67.2. The van der Waals surface area contributed by atoms with Gasteiger partial charge in [0.05, 0.1) is 164 Å². The summed E-state index contributed by atoms with van der Waals surface area (Å²) in [6.45, 7) is 15.2. The highest BCUT2D eigenvalue weighted by Gasteiger charge is 2.02. The molecule has 1 heterocycles. The van der Waals surface area contributed by atoms with Gasteiger partial charge in [0.25, 0.3) is 0 Å². The Balaban J connectivity index is 1.67. The Hall–Kier alpha value is -1.34. The maximum absolute atomic E-state index is 5.65. The summed E-state index contributed by atoms with van der Waals surface area (Å²) in [7, 11) is 1.65. The summed E-state index contributed by atoms with van der Waals surface area (Å²) in [5, 5.41) is 8.50. The lowest BCUT2D eigenvalue weighted by molar-refractivity contribution is -0.0280. The third-order valence-electron chi connectivity index (χ3n) is 7.49. The second-order valence-electron chi connectivity index (χ2n) is 11.9. The van der Waals surface area contributed by atoms with Crippen molar-refractivity contribution >= 4 is 0 Å². The molecule has 308 valence electrons. The van der Waals surface area contributed by atoms with Crippen LogP contribution in [0.4, 0.5) is 0 Å². The number of methoxy groups -OCH3 is 1. The molecule has 0 amide bonds. The molecule has 0 fully saturated rings. The Bertz CT molecular complexity index is 812. The number of hydrogen-bond acceptors (Lipinski definition) is 14. The van der Waals surface area contributed by atoms with Crippen LogP contribution in [-0.2, 0) is 69.8 Å². The first-order chi connectivity index (χ1) is 25.9. The highest BCUT2D eigenvalue weighted by molar-refractivity contribution is 4.92. The van der Waals surface area contributed by atoms with Gasteiger partial charge < -0.3 is 56.8 Å². The molecular formula is C37H73N3O12. The van der Waals surface area contributed by atoms with E-state index in [-0.39, 0.29) is 0 Å². The lowest BCUT2D eigenvalue weighted by Gasteiger charge is -2.09. The summed E-state index contributed by atoms with van der Waals surface area (Å²) in [5.74, 6) is 0. The number of aryl methyl sites for hydroxylation is 1. The van der Waals surface area contributed by atoms with E-state index in [9.17, 15) is 0 Å². The second kappa shape index (κ2) is 42.4. The third-order valence-corrected chi connectivity index (χ3v) is 7.49. The standard InChI is InChI=1S/C37H73N3O12/c1-3-4-5-6-7-8-9-10-11-37-36-40(39-38-37)12-13-42-16-17-44-20-21-46-24-25-48-28-29-50-32-33-52-35-34-51-31-30-49-27-26-47-23-22-45-19-18-43-15-14-41-2/h36H,3-35H2,1-2H3. The van der Waals surface area contributed by atoms with Crippen molar-refractivity contribution < 1.29 is 56.8 Å². The second-order valence-corrected chi connectivity index (χ2v) is 11.9. The van der Waals surface area contributed by atoms with Crippen molar-refractivity contribution in [3.05, 3.63) is 11.9 Å². The van der Waals surface area contributed by atoms with E-state index in [1.807, 2.05) is 10.9 Å². The van der Waals surface area contributed by atoms with Gasteiger partial charge in [-0.3, -0.25) is 0 Å². The molecule has 1 rings (SSSR count). The Kier molecular flexibility index (Phi) is 39.7. The average molecular weight is 752 g/mol. The summed E-state index contributed by atoms with van der Waals surface area (Å²) >= 11 is 0. The monoisotopic (exact) mass is 752 g/mol. The van der Waals surface area contributed by atoms with E-state index in [0.29, 0.717) is 159 Å². The molecule has 0 saturated carbocycles. The van der Waals surface area contributed by atoms with Crippen molar-refractivity contribution in [3.63, 3.8) is 0 Å². The Morgan fingerprint density at radius 2 is 0.712 bits per heavy atom. The van der Waals surface area contributed by atoms with E-state index in [1.54, 1.807) is 7.11 Å². The molecular weight excluding hydrogens is 678 g/mol. The fourth-order valence-corrected chi connectivity index (χ4v) is 4.60. The number of rotatable bonds is 45. The van der Waals surface area contributed by atoms with Crippen molar-refractivity contribution in [2.24, 2.45) is 0 Å². The lowest BCUT2D eigenvalue weighted by Crippen LogP contribution is -2.15. The molecule has 0 unspecified atom stereocenters. The summed E-state index contributed by atoms with van der Waals surface area (Å²) in [6, 6.07) is 0. The zero-order valence-electron chi connectivity index (χ0n) is 32.7. The number of hydrogen-bond donors (Lipinski definition) is 0. The minimum absolute atomic E-state index is 0.512. The highest BCUT2D eigenvalue weighted by Crippen LogP contribution is 2.10. The minimum atomic E-state index is 0.512. The molecule has 0 N–H and O–H groups in total. The van der Waals surface area contributed by atoms with Crippen LogP contribution in [0.1, 0.15) is 64.0 Å². The Labute approximate surface area is 313 Å². The predicted molar refractivity (Wildman–Crippen MR) is 197 cm³/mol. The molecule has 0 saturated heterocycles. The molecule has 0 spiro atoms. The molecule has 52 heavy (non-hydrogen) atoms. The number of ether oxygens (including phenoxy) is 12. The molecule has 0 atom stereocenters. The van der Waals surface area contributed by atoms with Gasteiger partial charge in [-0.2, -0.15) is 0 Å². The molecule has 1 aromatic heterocycles. The van der Waals surface area contributed by atoms with Crippen LogP contribution in [0, 0.1) is 0 Å². The van der Waals surface area contributed by atoms with Gasteiger partial charge in [0, 0.05) is 13.3 Å². The van der Waals surface area contributed by atoms with Crippen LogP contribution in [0.2, 0.25) is 0 Å². The van der Waals surface area contributed by atoms with Crippen molar-refractivity contribution in [3.8, 4) is 0 Å². The van der Waals surface area contributed by atoms with Crippen LogP contribution in [0.3, 0.4) is 0 Å². The Morgan fingerprint density at radius 3 is 1.06 bits per heavy atom. The number of nitrogens with zero attached hydrogens (tertiary/aromatic N) is 3. The van der Waals surface area contributed by atoms with Crippen molar-refractivity contribution in [1.82, 2.24) is 15.0 Å². The maximum Gasteiger partial charge on any atom is 0.0827 e. The molecule has 15 heteroatoms. The van der Waals surface area contributed by atoms with Crippen LogP contribution in [-0.4, -0.2) is 174 Å². The van der Waals surface area contributed by atoms with Crippen LogP contribution in [0.15, 0.2) is 6.20 Å². The fourth-order valence-electron chi connectivity index (χ4n) is 4.60. The van der Waals surface area contributed by atoms with Gasteiger partial charge in [-0.25, -0.2) is 4.68 Å². The first-order valence-corrected chi connectivity index (χ1v) is 19.6.